The summed E-state index contributed by atoms with van der Waals surface area (Å²) in [5.41, 5.74) is 4.63. The van der Waals surface area contributed by atoms with E-state index in [9.17, 15) is 0 Å². The number of nitrogens with one attached hydrogen (secondary N) is 1. The van der Waals surface area contributed by atoms with Gasteiger partial charge in [0.25, 0.3) is 0 Å². The van der Waals surface area contributed by atoms with E-state index in [1.807, 2.05) is 13.8 Å². The molecule has 1 saturated heterocycles. The van der Waals surface area contributed by atoms with Crippen LogP contribution in [-0.2, 0) is 6.42 Å². The maximum Gasteiger partial charge on any atom is 0.0113 e. The molecule has 0 radical (unpaired) electrons. The minimum Gasteiger partial charge on any atom is -0.314 e. The maximum atomic E-state index is 3.61. The van der Waals surface area contributed by atoms with Gasteiger partial charge in [-0.25, -0.2) is 0 Å². The third-order valence-electron chi connectivity index (χ3n) is 3.70. The molecule has 1 aromatic carbocycles. The van der Waals surface area contributed by atoms with Crippen LogP contribution in [0.1, 0.15) is 49.3 Å². The van der Waals surface area contributed by atoms with Gasteiger partial charge in [0, 0.05) is 6.04 Å². The second kappa shape index (κ2) is 5.01. The van der Waals surface area contributed by atoms with Crippen molar-refractivity contribution in [2.45, 2.75) is 52.0 Å². The molecule has 1 aliphatic heterocycles. The molecule has 2 bridgehead atoms. The van der Waals surface area contributed by atoms with Crippen LogP contribution in [0.4, 0.5) is 0 Å². The van der Waals surface area contributed by atoms with Crippen LogP contribution >= 0.6 is 0 Å². The summed E-state index contributed by atoms with van der Waals surface area (Å²) < 4.78 is 0. The van der Waals surface area contributed by atoms with Gasteiger partial charge in [-0.2, -0.15) is 0 Å². The third-order valence-corrected chi connectivity index (χ3v) is 3.70. The van der Waals surface area contributed by atoms with Crippen molar-refractivity contribution < 1.29 is 0 Å². The summed E-state index contributed by atoms with van der Waals surface area (Å²) in [4.78, 5) is 0. The highest BCUT2D eigenvalue weighted by atomic mass is 14.9. The molecule has 1 aliphatic carbocycles. The van der Waals surface area contributed by atoms with Crippen molar-refractivity contribution in [3.63, 3.8) is 0 Å². The van der Waals surface area contributed by atoms with Gasteiger partial charge in [-0.1, -0.05) is 37.6 Å². The zero-order chi connectivity index (χ0) is 11.5. The topological polar surface area (TPSA) is 12.0 Å². The largest absolute Gasteiger partial charge is 0.314 e. The molecule has 1 heteroatoms. The van der Waals surface area contributed by atoms with E-state index in [-0.39, 0.29) is 0 Å². The minimum absolute atomic E-state index is 0.753. The van der Waals surface area contributed by atoms with Crippen molar-refractivity contribution in [2.75, 3.05) is 6.54 Å². The Morgan fingerprint density at radius 1 is 1.25 bits per heavy atom. The van der Waals surface area contributed by atoms with E-state index in [2.05, 4.69) is 30.4 Å². The van der Waals surface area contributed by atoms with Crippen LogP contribution in [0, 0.1) is 6.92 Å². The molecule has 1 fully saturated rings. The van der Waals surface area contributed by atoms with Crippen LogP contribution in [0.5, 0.6) is 0 Å². The average Bonchev–Trinajstić information content (AvgIpc) is 2.31. The Labute approximate surface area is 99.3 Å². The van der Waals surface area contributed by atoms with Crippen LogP contribution in [0.2, 0.25) is 0 Å². The Hall–Kier alpha value is -0.820. The molecule has 2 unspecified atom stereocenters. The van der Waals surface area contributed by atoms with Crippen LogP contribution < -0.4 is 5.32 Å². The first-order valence-electron chi connectivity index (χ1n) is 6.66. The summed E-state index contributed by atoms with van der Waals surface area (Å²) in [5, 5.41) is 3.61. The van der Waals surface area contributed by atoms with Gasteiger partial charge in [0.2, 0.25) is 0 Å². The molecular formula is C15H23N. The highest BCUT2D eigenvalue weighted by molar-refractivity contribution is 5.37. The number of piperidine rings is 1. The van der Waals surface area contributed by atoms with E-state index in [0.717, 1.165) is 12.0 Å². The van der Waals surface area contributed by atoms with Gasteiger partial charge in [0.1, 0.15) is 0 Å². The highest BCUT2D eigenvalue weighted by Gasteiger charge is 2.29. The fourth-order valence-corrected chi connectivity index (χ4v) is 3.02. The summed E-state index contributed by atoms with van der Waals surface area (Å²) in [5.74, 6) is 0.839. The van der Waals surface area contributed by atoms with Gasteiger partial charge in [0.05, 0.1) is 0 Å². The van der Waals surface area contributed by atoms with E-state index in [4.69, 9.17) is 0 Å². The summed E-state index contributed by atoms with van der Waals surface area (Å²) in [6, 6.07) is 7.75. The van der Waals surface area contributed by atoms with Crippen LogP contribution in [0.3, 0.4) is 0 Å². The predicted octanol–water partition coefficient (Wildman–Crippen LogP) is 3.41. The van der Waals surface area contributed by atoms with Gasteiger partial charge in [-0.3, -0.25) is 0 Å². The van der Waals surface area contributed by atoms with Gasteiger partial charge < -0.3 is 5.32 Å². The molecule has 88 valence electrons. The first kappa shape index (κ1) is 11.7. The number of rotatable bonds is 0. The smallest absolute Gasteiger partial charge is 0.0113 e. The van der Waals surface area contributed by atoms with Gasteiger partial charge in [-0.05, 0) is 49.8 Å². The summed E-state index contributed by atoms with van der Waals surface area (Å²) in [6.07, 6.45) is 3.93. The summed E-state index contributed by atoms with van der Waals surface area (Å²) in [6.45, 7) is 7.40. The lowest BCUT2D eigenvalue weighted by atomic mass is 9.76. The monoisotopic (exact) mass is 217 g/mol. The predicted molar refractivity (Wildman–Crippen MR) is 70.0 cm³/mol. The number of benzene rings is 1. The van der Waals surface area contributed by atoms with E-state index >= 15 is 0 Å². The van der Waals surface area contributed by atoms with Crippen molar-refractivity contribution in [3.05, 3.63) is 34.9 Å². The van der Waals surface area contributed by atoms with Crippen molar-refractivity contribution in [2.24, 2.45) is 0 Å². The first-order valence-corrected chi connectivity index (χ1v) is 6.66. The molecule has 1 heterocycles. The zero-order valence-corrected chi connectivity index (χ0v) is 10.7. The van der Waals surface area contributed by atoms with E-state index in [1.165, 1.54) is 31.4 Å². The van der Waals surface area contributed by atoms with Crippen molar-refractivity contribution in [1.29, 1.82) is 0 Å². The second-order valence-electron chi connectivity index (χ2n) is 4.78. The average molecular weight is 217 g/mol. The molecule has 2 atom stereocenters. The number of hydrogen-bond acceptors (Lipinski definition) is 1. The standard InChI is InChI=1S/C13H17N.C2H6/c1-9-2-3-13-10-4-5-14-12(7-10)8-11(13)6-9;1-2/h2-3,6,10,12,14H,4-5,7-8H2,1H3;1-2H3. The quantitative estimate of drug-likeness (QED) is 0.702. The molecule has 0 amide bonds. The van der Waals surface area contributed by atoms with Crippen molar-refractivity contribution in [1.82, 2.24) is 5.32 Å². The Morgan fingerprint density at radius 2 is 2.06 bits per heavy atom. The zero-order valence-electron chi connectivity index (χ0n) is 10.7. The highest BCUT2D eigenvalue weighted by Crippen LogP contribution is 2.36. The molecule has 0 aromatic heterocycles. The lowest BCUT2D eigenvalue weighted by Gasteiger charge is -2.37. The Bertz CT molecular complexity index is 356. The van der Waals surface area contributed by atoms with Crippen LogP contribution in [0.25, 0.3) is 0 Å². The molecule has 0 saturated carbocycles. The molecule has 1 N–H and O–H groups in total. The summed E-state index contributed by atoms with van der Waals surface area (Å²) in [7, 11) is 0. The molecule has 2 aliphatic rings. The fourth-order valence-electron chi connectivity index (χ4n) is 3.02. The summed E-state index contributed by atoms with van der Waals surface area (Å²) >= 11 is 0. The van der Waals surface area contributed by atoms with E-state index < -0.39 is 0 Å². The fraction of sp³-hybridized carbons (Fsp3) is 0.600. The van der Waals surface area contributed by atoms with Crippen LogP contribution in [-0.4, -0.2) is 12.6 Å². The SMILES string of the molecule is CC.Cc1ccc2c(c1)CC1CC2CCN1. The Morgan fingerprint density at radius 3 is 2.88 bits per heavy atom. The second-order valence-corrected chi connectivity index (χ2v) is 4.78. The number of fused-ring (bicyclic) bond motifs is 4. The van der Waals surface area contributed by atoms with Crippen molar-refractivity contribution >= 4 is 0 Å². The van der Waals surface area contributed by atoms with E-state index in [1.54, 1.807) is 11.1 Å². The van der Waals surface area contributed by atoms with Gasteiger partial charge in [-0.15, -0.1) is 0 Å². The number of hydrogen-bond donors (Lipinski definition) is 1. The third kappa shape index (κ3) is 2.15. The number of aryl methyl sites for hydroxylation is 1. The Kier molecular flexibility index (Phi) is 3.65. The van der Waals surface area contributed by atoms with Gasteiger partial charge in [0.15, 0.2) is 0 Å². The molecular weight excluding hydrogens is 194 g/mol. The Balaban J connectivity index is 0.000000457. The first-order chi connectivity index (χ1) is 7.83. The molecule has 3 rings (SSSR count). The molecule has 16 heavy (non-hydrogen) atoms. The van der Waals surface area contributed by atoms with E-state index in [0.29, 0.717) is 0 Å². The van der Waals surface area contributed by atoms with Crippen molar-refractivity contribution in [3.8, 4) is 0 Å². The molecule has 1 aromatic rings. The normalized spacial score (nSPS) is 26.4. The molecule has 1 nitrogen and oxygen atoms in total. The lowest BCUT2D eigenvalue weighted by Crippen LogP contribution is -2.42. The maximum absolute atomic E-state index is 3.61. The van der Waals surface area contributed by atoms with Crippen LogP contribution in [0.15, 0.2) is 18.2 Å². The lowest BCUT2D eigenvalue weighted by molar-refractivity contribution is 0.339. The minimum atomic E-state index is 0.753. The van der Waals surface area contributed by atoms with Gasteiger partial charge >= 0.3 is 0 Å². The molecule has 0 spiro atoms.